The number of carbonyl (C=O) groups excluding carboxylic acids is 1. The van der Waals surface area contributed by atoms with Crippen LogP contribution >= 0.6 is 0 Å². The lowest BCUT2D eigenvalue weighted by Gasteiger charge is -2.25. The number of benzene rings is 1. The highest BCUT2D eigenvalue weighted by molar-refractivity contribution is 6.06. The van der Waals surface area contributed by atoms with Gasteiger partial charge in [-0.2, -0.15) is 0 Å². The Morgan fingerprint density at radius 1 is 1.43 bits per heavy atom. The van der Waals surface area contributed by atoms with Crippen LogP contribution in [0.3, 0.4) is 0 Å². The fraction of sp³-hybridized carbons (Fsp3) is 0.467. The number of halogens is 1. The predicted molar refractivity (Wildman–Crippen MR) is 79.5 cm³/mol. The van der Waals surface area contributed by atoms with Crippen LogP contribution in [0.4, 0.5) is 4.39 Å². The summed E-state index contributed by atoms with van der Waals surface area (Å²) in [6.45, 7) is 7.01. The molecule has 0 saturated carbocycles. The first-order chi connectivity index (χ1) is 9.76. The van der Waals surface area contributed by atoms with Crippen LogP contribution in [-0.4, -0.2) is 17.0 Å². The number of amidine groups is 1. The van der Waals surface area contributed by atoms with Crippen molar-refractivity contribution in [3.8, 4) is 0 Å². The van der Waals surface area contributed by atoms with Crippen LogP contribution in [0.25, 0.3) is 0 Å². The molecule has 116 valence electrons. The number of hydrogen-bond donors (Lipinski definition) is 3. The van der Waals surface area contributed by atoms with Crippen LogP contribution in [0.15, 0.2) is 17.3 Å². The molecule has 0 aliphatic rings. The van der Waals surface area contributed by atoms with E-state index in [1.165, 1.54) is 0 Å². The van der Waals surface area contributed by atoms with Gasteiger partial charge in [-0.1, -0.05) is 24.2 Å². The molecule has 1 rings (SSSR count). The quantitative estimate of drug-likeness (QED) is 0.337. The zero-order valence-corrected chi connectivity index (χ0v) is 12.8. The van der Waals surface area contributed by atoms with Gasteiger partial charge in [0.2, 0.25) is 5.91 Å². The van der Waals surface area contributed by atoms with Gasteiger partial charge in [0.05, 0.1) is 0 Å². The van der Waals surface area contributed by atoms with Crippen molar-refractivity contribution in [2.75, 3.05) is 0 Å². The molecule has 6 heteroatoms. The van der Waals surface area contributed by atoms with Gasteiger partial charge in [-0.05, 0) is 43.9 Å². The highest BCUT2D eigenvalue weighted by atomic mass is 19.1. The van der Waals surface area contributed by atoms with Crippen molar-refractivity contribution in [2.45, 2.75) is 40.7 Å². The summed E-state index contributed by atoms with van der Waals surface area (Å²) in [5, 5.41) is 14.5. The van der Waals surface area contributed by atoms with E-state index in [0.717, 1.165) is 5.56 Å². The Bertz CT molecular complexity index is 549. The molecule has 1 amide bonds. The topological polar surface area (TPSA) is 87.7 Å². The van der Waals surface area contributed by atoms with Crippen LogP contribution in [0.5, 0.6) is 0 Å². The summed E-state index contributed by atoms with van der Waals surface area (Å²) in [4.78, 5) is 12.2. The van der Waals surface area contributed by atoms with Gasteiger partial charge in [-0.3, -0.25) is 4.79 Å². The van der Waals surface area contributed by atoms with Crippen LogP contribution < -0.4 is 11.1 Å². The van der Waals surface area contributed by atoms with Crippen LogP contribution in [0.2, 0.25) is 0 Å². The number of oxime groups is 1. The molecule has 0 radical (unpaired) electrons. The van der Waals surface area contributed by atoms with Gasteiger partial charge in [0.15, 0.2) is 5.84 Å². The number of nitrogens with zero attached hydrogens (tertiary/aromatic N) is 1. The maximum atomic E-state index is 13.6. The fourth-order valence-corrected chi connectivity index (χ4v) is 2.08. The Morgan fingerprint density at radius 2 is 1.95 bits per heavy atom. The van der Waals surface area contributed by atoms with Gasteiger partial charge in [0, 0.05) is 6.54 Å². The first-order valence-electron chi connectivity index (χ1n) is 6.78. The summed E-state index contributed by atoms with van der Waals surface area (Å²) < 4.78 is 13.6. The van der Waals surface area contributed by atoms with E-state index in [0.29, 0.717) is 17.5 Å². The number of nitrogens with one attached hydrogen (secondary N) is 1. The first-order valence-corrected chi connectivity index (χ1v) is 6.78. The van der Waals surface area contributed by atoms with Crippen molar-refractivity contribution in [1.82, 2.24) is 5.32 Å². The lowest BCUT2D eigenvalue weighted by molar-refractivity contribution is -0.127. The maximum Gasteiger partial charge on any atom is 0.233 e. The molecule has 0 spiro atoms. The minimum absolute atomic E-state index is 0.131. The molecule has 1 aromatic carbocycles. The highest BCUT2D eigenvalue weighted by Crippen LogP contribution is 2.22. The highest BCUT2D eigenvalue weighted by Gasteiger charge is 2.36. The normalized spacial score (nSPS) is 14.6. The average molecular weight is 295 g/mol. The summed E-state index contributed by atoms with van der Waals surface area (Å²) in [6.07, 6.45) is 0.399. The second-order valence-corrected chi connectivity index (χ2v) is 5.40. The minimum atomic E-state index is -1.07. The van der Waals surface area contributed by atoms with Gasteiger partial charge < -0.3 is 16.3 Å². The molecular weight excluding hydrogens is 273 g/mol. The van der Waals surface area contributed by atoms with E-state index in [9.17, 15) is 9.18 Å². The summed E-state index contributed by atoms with van der Waals surface area (Å²) in [5.74, 6) is -0.700. The Kier molecular flexibility index (Phi) is 5.29. The molecule has 0 bridgehead atoms. The molecule has 0 aliphatic heterocycles. The average Bonchev–Trinajstić information content (AvgIpc) is 2.48. The monoisotopic (exact) mass is 295 g/mol. The zero-order valence-electron chi connectivity index (χ0n) is 12.8. The van der Waals surface area contributed by atoms with Crippen LogP contribution in [0, 0.1) is 25.1 Å². The number of amides is 1. The van der Waals surface area contributed by atoms with Crippen molar-refractivity contribution in [2.24, 2.45) is 16.3 Å². The smallest absolute Gasteiger partial charge is 0.233 e. The van der Waals surface area contributed by atoms with E-state index in [1.54, 1.807) is 39.8 Å². The molecule has 5 nitrogen and oxygen atoms in total. The Morgan fingerprint density at radius 3 is 2.38 bits per heavy atom. The molecule has 1 aromatic rings. The summed E-state index contributed by atoms with van der Waals surface area (Å²) in [6, 6.07) is 3.38. The molecule has 0 aromatic heterocycles. The maximum absolute atomic E-state index is 13.6. The minimum Gasteiger partial charge on any atom is -0.409 e. The molecule has 0 heterocycles. The zero-order chi connectivity index (χ0) is 16.2. The van der Waals surface area contributed by atoms with Crippen molar-refractivity contribution in [3.05, 3.63) is 34.6 Å². The molecule has 4 N–H and O–H groups in total. The number of carbonyl (C=O) groups is 1. The van der Waals surface area contributed by atoms with Gasteiger partial charge in [-0.15, -0.1) is 0 Å². The lowest BCUT2D eigenvalue weighted by atomic mass is 9.85. The second-order valence-electron chi connectivity index (χ2n) is 5.40. The molecule has 0 fully saturated rings. The van der Waals surface area contributed by atoms with E-state index >= 15 is 0 Å². The van der Waals surface area contributed by atoms with E-state index in [-0.39, 0.29) is 24.1 Å². The molecule has 0 saturated heterocycles. The number of nitrogens with two attached hydrogens (primary N) is 1. The lowest BCUT2D eigenvalue weighted by Crippen LogP contribution is -2.47. The summed E-state index contributed by atoms with van der Waals surface area (Å²) in [5.41, 5.74) is 6.39. The fourth-order valence-electron chi connectivity index (χ4n) is 2.08. The van der Waals surface area contributed by atoms with Gasteiger partial charge in [0.1, 0.15) is 11.2 Å². The SMILES string of the molecule is CCC(C)(C(=O)NCc1cc(C)c(F)c(C)c1)/C(N)=N/O. The van der Waals surface area contributed by atoms with E-state index in [4.69, 9.17) is 10.9 Å². The largest absolute Gasteiger partial charge is 0.409 e. The van der Waals surface area contributed by atoms with Gasteiger partial charge in [-0.25, -0.2) is 4.39 Å². The van der Waals surface area contributed by atoms with E-state index < -0.39 is 5.41 Å². The third kappa shape index (κ3) is 3.51. The Hall–Kier alpha value is -2.11. The van der Waals surface area contributed by atoms with Crippen molar-refractivity contribution in [3.63, 3.8) is 0 Å². The third-order valence-corrected chi connectivity index (χ3v) is 3.83. The first kappa shape index (κ1) is 16.9. The summed E-state index contributed by atoms with van der Waals surface area (Å²) in [7, 11) is 0. The molecule has 1 atom stereocenters. The molecule has 21 heavy (non-hydrogen) atoms. The van der Waals surface area contributed by atoms with Gasteiger partial charge >= 0.3 is 0 Å². The molecule has 1 unspecified atom stereocenters. The van der Waals surface area contributed by atoms with E-state index in [1.807, 2.05) is 0 Å². The Labute approximate surface area is 124 Å². The molecular formula is C15H22FN3O2. The predicted octanol–water partition coefficient (Wildman–Crippen LogP) is 2.22. The summed E-state index contributed by atoms with van der Waals surface area (Å²) >= 11 is 0. The van der Waals surface area contributed by atoms with Crippen LogP contribution in [0.1, 0.15) is 37.0 Å². The second kappa shape index (κ2) is 6.56. The third-order valence-electron chi connectivity index (χ3n) is 3.83. The number of rotatable bonds is 5. The standard InChI is InChI=1S/C15H22FN3O2/c1-5-15(4,13(17)19-21)14(20)18-8-11-6-9(2)12(16)10(3)7-11/h6-7,21H,5,8H2,1-4H3,(H2,17,19)(H,18,20). The Balaban J connectivity index is 2.86. The molecule has 0 aliphatic carbocycles. The van der Waals surface area contributed by atoms with Crippen molar-refractivity contribution in [1.29, 1.82) is 0 Å². The number of hydrogen-bond acceptors (Lipinski definition) is 3. The number of aryl methyl sites for hydroxylation is 2. The van der Waals surface area contributed by atoms with Crippen molar-refractivity contribution < 1.29 is 14.4 Å². The van der Waals surface area contributed by atoms with Crippen molar-refractivity contribution >= 4 is 11.7 Å². The van der Waals surface area contributed by atoms with Crippen LogP contribution in [-0.2, 0) is 11.3 Å². The van der Waals surface area contributed by atoms with E-state index in [2.05, 4.69) is 10.5 Å². The van der Waals surface area contributed by atoms with Gasteiger partial charge in [0.25, 0.3) is 0 Å².